The van der Waals surface area contributed by atoms with E-state index in [0.717, 1.165) is 11.1 Å². The fraction of sp³-hybridized carbons (Fsp3) is 0.421. The average Bonchev–Trinajstić information content (AvgIpc) is 3.07. The summed E-state index contributed by atoms with van der Waals surface area (Å²) in [6.07, 6.45) is 1.03. The van der Waals surface area contributed by atoms with E-state index in [1.54, 1.807) is 39.8 Å². The van der Waals surface area contributed by atoms with Gasteiger partial charge >= 0.3 is 23.9 Å². The SMILES string of the molecule is CCOC(=O)C(CCc1ccccc1)(Cc1ccccc1CC(CCc1ccccc1)(C(=O)OCC)C(=O)OCC)C(=O)OCC. The van der Waals surface area contributed by atoms with Crippen molar-refractivity contribution >= 4 is 23.9 Å². The molecule has 0 aromatic heterocycles. The third kappa shape index (κ3) is 9.05. The van der Waals surface area contributed by atoms with Crippen LogP contribution in [0.1, 0.15) is 62.8 Å². The van der Waals surface area contributed by atoms with Gasteiger partial charge in [0, 0.05) is 0 Å². The van der Waals surface area contributed by atoms with E-state index < -0.39 is 34.7 Å². The highest BCUT2D eigenvalue weighted by atomic mass is 16.6. The Morgan fingerprint density at radius 3 is 1.02 bits per heavy atom. The summed E-state index contributed by atoms with van der Waals surface area (Å²) in [4.78, 5) is 55.1. The van der Waals surface area contributed by atoms with Gasteiger partial charge in [-0.15, -0.1) is 0 Å². The number of ether oxygens (including phenoxy) is 4. The number of esters is 4. The predicted molar refractivity (Wildman–Crippen MR) is 175 cm³/mol. The molecule has 0 aliphatic rings. The Kier molecular flexibility index (Phi) is 14.0. The fourth-order valence-electron chi connectivity index (χ4n) is 5.67. The first kappa shape index (κ1) is 36.0. The minimum absolute atomic E-state index is 0.0475. The molecule has 8 heteroatoms. The first-order valence-electron chi connectivity index (χ1n) is 16.1. The molecule has 8 nitrogen and oxygen atoms in total. The molecule has 46 heavy (non-hydrogen) atoms. The van der Waals surface area contributed by atoms with Gasteiger partial charge in [-0.2, -0.15) is 0 Å². The standard InChI is InChI=1S/C38H46O8/c1-5-43-33(39)37(34(40)44-6-2,25-23-29-17-11-9-12-18-29)27-31-21-15-16-22-32(31)28-38(35(41)45-7-3,36(42)46-8-4)26-24-30-19-13-10-14-20-30/h9-22H,5-8,23-28H2,1-4H3. The van der Waals surface area contributed by atoms with Crippen LogP contribution in [0.15, 0.2) is 84.9 Å². The van der Waals surface area contributed by atoms with Crippen LogP contribution >= 0.6 is 0 Å². The highest BCUT2D eigenvalue weighted by Crippen LogP contribution is 2.38. The number of hydrogen-bond donors (Lipinski definition) is 0. The molecular weight excluding hydrogens is 584 g/mol. The first-order valence-corrected chi connectivity index (χ1v) is 16.1. The number of benzene rings is 3. The molecule has 3 rings (SSSR count). The molecule has 0 unspecified atom stereocenters. The second kappa shape index (κ2) is 17.9. The zero-order valence-corrected chi connectivity index (χ0v) is 27.4. The van der Waals surface area contributed by atoms with E-state index in [0.29, 0.717) is 24.0 Å². The maximum atomic E-state index is 13.8. The second-order valence-corrected chi connectivity index (χ2v) is 11.1. The van der Waals surface area contributed by atoms with E-state index in [-0.39, 0.29) is 52.1 Å². The average molecular weight is 631 g/mol. The summed E-state index contributed by atoms with van der Waals surface area (Å²) in [6.45, 7) is 7.11. The zero-order valence-electron chi connectivity index (χ0n) is 27.4. The van der Waals surface area contributed by atoms with Crippen LogP contribution in [0.5, 0.6) is 0 Å². The van der Waals surface area contributed by atoms with E-state index in [1.807, 2.05) is 72.8 Å². The molecule has 3 aromatic rings. The Morgan fingerprint density at radius 1 is 0.457 bits per heavy atom. The van der Waals surface area contributed by atoms with Crippen LogP contribution in [-0.4, -0.2) is 50.3 Å². The highest BCUT2D eigenvalue weighted by Gasteiger charge is 2.51. The van der Waals surface area contributed by atoms with Gasteiger partial charge in [-0.3, -0.25) is 19.2 Å². The van der Waals surface area contributed by atoms with Crippen molar-refractivity contribution in [2.24, 2.45) is 10.8 Å². The van der Waals surface area contributed by atoms with Crippen molar-refractivity contribution in [3.63, 3.8) is 0 Å². The summed E-state index contributed by atoms with van der Waals surface area (Å²) in [6, 6.07) is 26.4. The molecule has 0 saturated heterocycles. The van der Waals surface area contributed by atoms with Crippen molar-refractivity contribution in [2.75, 3.05) is 26.4 Å². The van der Waals surface area contributed by atoms with Crippen LogP contribution < -0.4 is 0 Å². The molecule has 0 heterocycles. The smallest absolute Gasteiger partial charge is 0.323 e. The van der Waals surface area contributed by atoms with Gasteiger partial charge in [-0.1, -0.05) is 84.9 Å². The van der Waals surface area contributed by atoms with E-state index >= 15 is 0 Å². The van der Waals surface area contributed by atoms with Crippen molar-refractivity contribution in [2.45, 2.75) is 66.2 Å². The van der Waals surface area contributed by atoms with Gasteiger partial charge in [-0.25, -0.2) is 0 Å². The summed E-state index contributed by atoms with van der Waals surface area (Å²) < 4.78 is 22.1. The molecule has 0 atom stereocenters. The molecule has 0 saturated carbocycles. The molecule has 0 radical (unpaired) electrons. The Labute approximate surface area is 272 Å². The minimum Gasteiger partial charge on any atom is -0.465 e. The van der Waals surface area contributed by atoms with Gasteiger partial charge in [0.2, 0.25) is 0 Å². The number of rotatable bonds is 18. The van der Waals surface area contributed by atoms with Gasteiger partial charge in [-0.05, 0) is 88.5 Å². The number of carbonyl (C=O) groups excluding carboxylic acids is 4. The summed E-state index contributed by atoms with van der Waals surface area (Å²) >= 11 is 0. The normalized spacial score (nSPS) is 11.4. The van der Waals surface area contributed by atoms with Crippen molar-refractivity contribution in [1.29, 1.82) is 0 Å². The highest BCUT2D eigenvalue weighted by molar-refractivity contribution is 6.01. The van der Waals surface area contributed by atoms with Crippen LogP contribution in [0.2, 0.25) is 0 Å². The summed E-state index contributed by atoms with van der Waals surface area (Å²) in [5, 5.41) is 0. The van der Waals surface area contributed by atoms with Gasteiger partial charge < -0.3 is 18.9 Å². The number of aryl methyl sites for hydroxylation is 2. The molecular formula is C38H46O8. The molecule has 0 N–H and O–H groups in total. The monoisotopic (exact) mass is 630 g/mol. The third-order valence-electron chi connectivity index (χ3n) is 8.13. The van der Waals surface area contributed by atoms with E-state index in [1.165, 1.54) is 0 Å². The third-order valence-corrected chi connectivity index (χ3v) is 8.13. The maximum Gasteiger partial charge on any atom is 0.323 e. The van der Waals surface area contributed by atoms with Crippen LogP contribution in [0, 0.1) is 10.8 Å². The molecule has 0 amide bonds. The van der Waals surface area contributed by atoms with Crippen molar-refractivity contribution in [3.8, 4) is 0 Å². The number of carbonyl (C=O) groups is 4. The molecule has 0 fully saturated rings. The largest absolute Gasteiger partial charge is 0.465 e. The summed E-state index contributed by atoms with van der Waals surface area (Å²) in [5.41, 5.74) is -0.183. The van der Waals surface area contributed by atoms with Gasteiger partial charge in [0.25, 0.3) is 0 Å². The topological polar surface area (TPSA) is 105 Å². The summed E-state index contributed by atoms with van der Waals surface area (Å²) in [5.74, 6) is -2.70. The lowest BCUT2D eigenvalue weighted by Gasteiger charge is -2.32. The van der Waals surface area contributed by atoms with Crippen LogP contribution in [-0.2, 0) is 63.8 Å². The Morgan fingerprint density at radius 2 is 0.739 bits per heavy atom. The molecule has 3 aromatic carbocycles. The van der Waals surface area contributed by atoms with E-state index in [9.17, 15) is 19.2 Å². The van der Waals surface area contributed by atoms with Crippen molar-refractivity contribution in [3.05, 3.63) is 107 Å². The molecule has 0 bridgehead atoms. The molecule has 0 aliphatic heterocycles. The zero-order chi connectivity index (χ0) is 33.4. The lowest BCUT2D eigenvalue weighted by Crippen LogP contribution is -2.46. The fourth-order valence-corrected chi connectivity index (χ4v) is 5.67. The minimum atomic E-state index is -1.67. The molecule has 0 spiro atoms. The van der Waals surface area contributed by atoms with Gasteiger partial charge in [0.05, 0.1) is 26.4 Å². The van der Waals surface area contributed by atoms with Crippen molar-refractivity contribution in [1.82, 2.24) is 0 Å². The summed E-state index contributed by atoms with van der Waals surface area (Å²) in [7, 11) is 0. The van der Waals surface area contributed by atoms with Crippen LogP contribution in [0.25, 0.3) is 0 Å². The lowest BCUT2D eigenvalue weighted by molar-refractivity contribution is -0.174. The van der Waals surface area contributed by atoms with Crippen molar-refractivity contribution < 1.29 is 38.1 Å². The Hall–Kier alpha value is -4.46. The number of hydrogen-bond acceptors (Lipinski definition) is 8. The second-order valence-electron chi connectivity index (χ2n) is 11.1. The van der Waals surface area contributed by atoms with Crippen LogP contribution in [0.3, 0.4) is 0 Å². The first-order chi connectivity index (χ1) is 22.3. The van der Waals surface area contributed by atoms with Gasteiger partial charge in [0.1, 0.15) is 0 Å². The quantitative estimate of drug-likeness (QED) is 0.0921. The molecule has 246 valence electrons. The predicted octanol–water partition coefficient (Wildman–Crippen LogP) is 6.26. The van der Waals surface area contributed by atoms with Gasteiger partial charge in [0.15, 0.2) is 10.8 Å². The lowest BCUT2D eigenvalue weighted by atomic mass is 9.72. The van der Waals surface area contributed by atoms with E-state index in [2.05, 4.69) is 0 Å². The molecule has 0 aliphatic carbocycles. The van der Waals surface area contributed by atoms with E-state index in [4.69, 9.17) is 18.9 Å². The van der Waals surface area contributed by atoms with Crippen LogP contribution in [0.4, 0.5) is 0 Å². The maximum absolute atomic E-state index is 13.8. The Balaban J connectivity index is 2.13. The Bertz CT molecular complexity index is 1270.